The maximum atomic E-state index is 13.5. The highest BCUT2D eigenvalue weighted by Gasteiger charge is 2.27. The van der Waals surface area contributed by atoms with E-state index in [1.54, 1.807) is 12.1 Å². The fourth-order valence-electron chi connectivity index (χ4n) is 3.70. The van der Waals surface area contributed by atoms with Gasteiger partial charge in [-0.25, -0.2) is 9.18 Å². The molecule has 0 bridgehead atoms. The Balaban J connectivity index is 1.86. The van der Waals surface area contributed by atoms with E-state index in [1.807, 2.05) is 38.1 Å². The highest BCUT2D eigenvalue weighted by Crippen LogP contribution is 2.43. The molecule has 29 heavy (non-hydrogen) atoms. The van der Waals surface area contributed by atoms with Crippen LogP contribution in [0, 0.1) is 5.82 Å². The standard InChI is InChI=1S/C24H24FNO3/c1-4-6-16-12-21(27)28-20-13-19(26-14-15-7-5-8-17(25)11-15)18-9-10-24(2,3)29-23(18)22(16)20/h5,7-13,26H,4,6,14H2,1-3H3. The van der Waals surface area contributed by atoms with Crippen molar-refractivity contribution in [3.05, 3.63) is 75.4 Å². The number of aryl methyl sites for hydroxylation is 1. The minimum atomic E-state index is -0.471. The van der Waals surface area contributed by atoms with Crippen LogP contribution in [0.5, 0.6) is 5.75 Å². The van der Waals surface area contributed by atoms with E-state index in [2.05, 4.69) is 12.2 Å². The van der Waals surface area contributed by atoms with Gasteiger partial charge < -0.3 is 14.5 Å². The number of rotatable bonds is 5. The van der Waals surface area contributed by atoms with Gasteiger partial charge in [-0.1, -0.05) is 25.5 Å². The molecule has 4 rings (SSSR count). The van der Waals surface area contributed by atoms with E-state index >= 15 is 0 Å². The molecular formula is C24H24FNO3. The van der Waals surface area contributed by atoms with Crippen LogP contribution in [0.15, 0.2) is 51.7 Å². The summed E-state index contributed by atoms with van der Waals surface area (Å²) in [4.78, 5) is 12.1. The second kappa shape index (κ2) is 7.39. The van der Waals surface area contributed by atoms with Crippen LogP contribution in [-0.4, -0.2) is 5.60 Å². The summed E-state index contributed by atoms with van der Waals surface area (Å²) < 4.78 is 25.4. The summed E-state index contributed by atoms with van der Waals surface area (Å²) in [5.41, 5.74) is 3.08. The van der Waals surface area contributed by atoms with Crippen molar-refractivity contribution in [3.63, 3.8) is 0 Å². The lowest BCUT2D eigenvalue weighted by molar-refractivity contribution is 0.161. The summed E-state index contributed by atoms with van der Waals surface area (Å²) >= 11 is 0. The van der Waals surface area contributed by atoms with Crippen LogP contribution < -0.4 is 15.7 Å². The molecule has 1 aliphatic heterocycles. The van der Waals surface area contributed by atoms with Gasteiger partial charge in [0, 0.05) is 29.9 Å². The Bertz CT molecular complexity index is 1160. The van der Waals surface area contributed by atoms with Crippen molar-refractivity contribution < 1.29 is 13.5 Å². The van der Waals surface area contributed by atoms with E-state index in [4.69, 9.17) is 9.15 Å². The third kappa shape index (κ3) is 3.90. The van der Waals surface area contributed by atoms with E-state index in [0.29, 0.717) is 17.9 Å². The second-order valence-electron chi connectivity index (χ2n) is 7.90. The lowest BCUT2D eigenvalue weighted by Crippen LogP contribution is -2.28. The maximum absolute atomic E-state index is 13.5. The van der Waals surface area contributed by atoms with Gasteiger partial charge >= 0.3 is 5.63 Å². The molecular weight excluding hydrogens is 369 g/mol. The highest BCUT2D eigenvalue weighted by atomic mass is 19.1. The topological polar surface area (TPSA) is 51.5 Å². The van der Waals surface area contributed by atoms with Crippen LogP contribution in [0.3, 0.4) is 0 Å². The Morgan fingerprint density at radius 2 is 2.00 bits per heavy atom. The van der Waals surface area contributed by atoms with Crippen molar-refractivity contribution in [2.45, 2.75) is 45.8 Å². The van der Waals surface area contributed by atoms with Gasteiger partial charge in [-0.2, -0.15) is 0 Å². The molecule has 0 unspecified atom stereocenters. The van der Waals surface area contributed by atoms with E-state index < -0.39 is 5.60 Å². The van der Waals surface area contributed by atoms with Gasteiger partial charge in [-0.15, -0.1) is 0 Å². The number of nitrogens with one attached hydrogen (secondary N) is 1. The van der Waals surface area contributed by atoms with Crippen LogP contribution in [0.1, 0.15) is 43.9 Å². The molecule has 0 amide bonds. The second-order valence-corrected chi connectivity index (χ2v) is 7.90. The minimum absolute atomic E-state index is 0.273. The average molecular weight is 393 g/mol. The Labute approximate surface area is 169 Å². The van der Waals surface area contributed by atoms with Gasteiger partial charge in [-0.3, -0.25) is 0 Å². The van der Waals surface area contributed by atoms with Crippen LogP contribution in [0.2, 0.25) is 0 Å². The summed E-state index contributed by atoms with van der Waals surface area (Å²) in [5.74, 6) is 0.439. The molecule has 0 spiro atoms. The van der Waals surface area contributed by atoms with Crippen LogP contribution in [-0.2, 0) is 13.0 Å². The van der Waals surface area contributed by atoms with E-state index in [-0.39, 0.29) is 11.4 Å². The molecule has 0 aliphatic carbocycles. The number of fused-ring (bicyclic) bond motifs is 3. The number of ether oxygens (including phenoxy) is 1. The predicted molar refractivity (Wildman–Crippen MR) is 114 cm³/mol. The summed E-state index contributed by atoms with van der Waals surface area (Å²) in [6.45, 7) is 6.49. The Morgan fingerprint density at radius 1 is 1.17 bits per heavy atom. The van der Waals surface area contributed by atoms with E-state index in [0.717, 1.165) is 40.6 Å². The maximum Gasteiger partial charge on any atom is 0.336 e. The molecule has 0 fully saturated rings. The van der Waals surface area contributed by atoms with Crippen LogP contribution in [0.4, 0.5) is 10.1 Å². The highest BCUT2D eigenvalue weighted by molar-refractivity contribution is 5.96. The van der Waals surface area contributed by atoms with Crippen molar-refractivity contribution in [2.24, 2.45) is 0 Å². The zero-order valence-electron chi connectivity index (χ0n) is 16.8. The zero-order valence-corrected chi connectivity index (χ0v) is 16.8. The number of hydrogen-bond donors (Lipinski definition) is 1. The van der Waals surface area contributed by atoms with Crippen LogP contribution >= 0.6 is 0 Å². The Kier molecular flexibility index (Phi) is 4.91. The number of hydrogen-bond acceptors (Lipinski definition) is 4. The third-order valence-corrected chi connectivity index (χ3v) is 5.02. The zero-order chi connectivity index (χ0) is 20.6. The molecule has 4 nitrogen and oxygen atoms in total. The molecule has 1 N–H and O–H groups in total. The smallest absolute Gasteiger partial charge is 0.336 e. The van der Waals surface area contributed by atoms with Gasteiger partial charge in [0.2, 0.25) is 0 Å². The number of anilines is 1. The average Bonchev–Trinajstić information content (AvgIpc) is 2.65. The summed E-state index contributed by atoms with van der Waals surface area (Å²) in [6.07, 6.45) is 5.71. The first-order valence-corrected chi connectivity index (χ1v) is 9.86. The van der Waals surface area contributed by atoms with Crippen molar-refractivity contribution in [1.29, 1.82) is 0 Å². The molecule has 0 radical (unpaired) electrons. The molecule has 2 aromatic carbocycles. The van der Waals surface area contributed by atoms with Crippen molar-refractivity contribution >= 4 is 22.7 Å². The molecule has 0 saturated carbocycles. The van der Waals surface area contributed by atoms with E-state index in [1.165, 1.54) is 12.1 Å². The first kappa shape index (κ1) is 19.2. The van der Waals surface area contributed by atoms with Gasteiger partial charge in [-0.05, 0) is 55.7 Å². The molecule has 0 atom stereocenters. The summed E-state index contributed by atoms with van der Waals surface area (Å²) in [5, 5.41) is 4.19. The van der Waals surface area contributed by atoms with Gasteiger partial charge in [0.15, 0.2) is 0 Å². The van der Waals surface area contributed by atoms with Gasteiger partial charge in [0.05, 0.1) is 5.39 Å². The molecule has 0 saturated heterocycles. The molecule has 3 aromatic rings. The monoisotopic (exact) mass is 393 g/mol. The first-order chi connectivity index (χ1) is 13.9. The van der Waals surface area contributed by atoms with E-state index in [9.17, 15) is 9.18 Å². The largest absolute Gasteiger partial charge is 0.482 e. The van der Waals surface area contributed by atoms with Crippen LogP contribution in [0.25, 0.3) is 17.0 Å². The molecule has 2 heterocycles. The Morgan fingerprint density at radius 3 is 2.76 bits per heavy atom. The number of benzene rings is 2. The summed E-state index contributed by atoms with van der Waals surface area (Å²) in [7, 11) is 0. The fourth-order valence-corrected chi connectivity index (χ4v) is 3.70. The molecule has 5 heteroatoms. The lowest BCUT2D eigenvalue weighted by atomic mass is 9.96. The van der Waals surface area contributed by atoms with Crippen molar-refractivity contribution in [1.82, 2.24) is 0 Å². The third-order valence-electron chi connectivity index (χ3n) is 5.02. The minimum Gasteiger partial charge on any atom is -0.482 e. The SMILES string of the molecule is CCCc1cc(=O)oc2cc(NCc3cccc(F)c3)c3c(c12)OC(C)(C)C=C3. The molecule has 1 aromatic heterocycles. The first-order valence-electron chi connectivity index (χ1n) is 9.86. The van der Waals surface area contributed by atoms with Gasteiger partial charge in [0.1, 0.15) is 22.8 Å². The predicted octanol–water partition coefficient (Wildman–Crippen LogP) is 5.68. The lowest BCUT2D eigenvalue weighted by Gasteiger charge is -2.30. The fraction of sp³-hybridized carbons (Fsp3) is 0.292. The quantitative estimate of drug-likeness (QED) is 0.567. The van der Waals surface area contributed by atoms with Crippen molar-refractivity contribution in [3.8, 4) is 5.75 Å². The van der Waals surface area contributed by atoms with Crippen molar-refractivity contribution in [2.75, 3.05) is 5.32 Å². The Hall–Kier alpha value is -3.08. The number of halogens is 1. The van der Waals surface area contributed by atoms with Gasteiger partial charge in [0.25, 0.3) is 0 Å². The normalized spacial score (nSPS) is 14.5. The molecule has 150 valence electrons. The summed E-state index contributed by atoms with van der Waals surface area (Å²) in [6, 6.07) is 9.85. The molecule has 1 aliphatic rings.